The first kappa shape index (κ1) is 11.5. The van der Waals surface area contributed by atoms with Crippen LogP contribution in [0.3, 0.4) is 0 Å². The molecular weight excluding hydrogens is 244 g/mol. The highest BCUT2D eigenvalue weighted by Gasteiger charge is 2.17. The van der Waals surface area contributed by atoms with Gasteiger partial charge in [0.2, 0.25) is 0 Å². The predicted molar refractivity (Wildman–Crippen MR) is 69.9 cm³/mol. The number of aryl methyl sites for hydroxylation is 2. The zero-order valence-corrected chi connectivity index (χ0v) is 10.5. The minimum atomic E-state index is -1.03. The summed E-state index contributed by atoms with van der Waals surface area (Å²) in [5.41, 5.74) is 3.27. The molecule has 1 aromatic carbocycles. The molecule has 0 atom stereocenters. The van der Waals surface area contributed by atoms with Gasteiger partial charge in [-0.1, -0.05) is 6.07 Å². The van der Waals surface area contributed by atoms with Crippen LogP contribution in [0.5, 0.6) is 0 Å². The number of hydrogen-bond acceptors (Lipinski definition) is 3. The van der Waals surface area contributed by atoms with Gasteiger partial charge >= 0.3 is 5.97 Å². The summed E-state index contributed by atoms with van der Waals surface area (Å²) in [7, 11) is 3.69. The molecule has 0 unspecified atom stereocenters. The molecular formula is C13H12N4O2. The Labute approximate surface area is 108 Å². The predicted octanol–water partition coefficient (Wildman–Crippen LogP) is 1.67. The number of aromatic nitrogens is 4. The summed E-state index contributed by atoms with van der Waals surface area (Å²) in [6.45, 7) is 0. The minimum Gasteiger partial charge on any atom is -0.476 e. The molecule has 3 aromatic rings. The van der Waals surface area contributed by atoms with Crippen molar-refractivity contribution in [3.05, 3.63) is 36.5 Å². The van der Waals surface area contributed by atoms with Crippen molar-refractivity contribution in [2.24, 2.45) is 14.1 Å². The van der Waals surface area contributed by atoms with Gasteiger partial charge < -0.3 is 14.2 Å². The molecule has 0 saturated heterocycles. The van der Waals surface area contributed by atoms with Crippen molar-refractivity contribution in [3.8, 4) is 11.3 Å². The number of aromatic carboxylic acids is 1. The lowest BCUT2D eigenvalue weighted by molar-refractivity contribution is 0.0692. The number of hydrogen-bond donors (Lipinski definition) is 1. The number of fused-ring (bicyclic) bond motifs is 1. The van der Waals surface area contributed by atoms with Crippen LogP contribution in [0.4, 0.5) is 0 Å². The first-order chi connectivity index (χ1) is 9.08. The second kappa shape index (κ2) is 3.94. The van der Waals surface area contributed by atoms with Gasteiger partial charge in [0.1, 0.15) is 0 Å². The van der Waals surface area contributed by atoms with E-state index in [0.717, 1.165) is 16.6 Å². The molecule has 0 aliphatic rings. The largest absolute Gasteiger partial charge is 0.476 e. The fraction of sp³-hybridized carbons (Fsp3) is 0.154. The first-order valence-corrected chi connectivity index (χ1v) is 5.74. The van der Waals surface area contributed by atoms with E-state index in [0.29, 0.717) is 5.69 Å². The van der Waals surface area contributed by atoms with Crippen molar-refractivity contribution in [2.75, 3.05) is 0 Å². The Morgan fingerprint density at radius 2 is 1.89 bits per heavy atom. The minimum absolute atomic E-state index is 0.0535. The van der Waals surface area contributed by atoms with Crippen LogP contribution in [-0.4, -0.2) is 30.2 Å². The number of nitrogens with zero attached hydrogens (tertiary/aromatic N) is 4. The van der Waals surface area contributed by atoms with Crippen LogP contribution < -0.4 is 0 Å². The molecule has 3 rings (SSSR count). The third kappa shape index (κ3) is 1.69. The lowest BCUT2D eigenvalue weighted by Crippen LogP contribution is -2.01. The van der Waals surface area contributed by atoms with Gasteiger partial charge in [-0.25, -0.2) is 14.8 Å². The van der Waals surface area contributed by atoms with Crippen LogP contribution in [0.15, 0.2) is 30.9 Å². The molecule has 96 valence electrons. The summed E-state index contributed by atoms with van der Waals surface area (Å²) in [6.07, 6.45) is 3.23. The molecule has 0 saturated carbocycles. The Bertz CT molecular complexity index is 785. The maximum Gasteiger partial charge on any atom is 0.356 e. The van der Waals surface area contributed by atoms with E-state index in [1.807, 2.05) is 29.8 Å². The Kier molecular flexibility index (Phi) is 2.38. The van der Waals surface area contributed by atoms with E-state index >= 15 is 0 Å². The van der Waals surface area contributed by atoms with Crippen molar-refractivity contribution in [1.82, 2.24) is 19.1 Å². The van der Waals surface area contributed by atoms with E-state index in [1.54, 1.807) is 17.9 Å². The summed E-state index contributed by atoms with van der Waals surface area (Å²) >= 11 is 0. The molecule has 6 nitrogen and oxygen atoms in total. The Balaban J connectivity index is 2.24. The number of carboxylic acid groups (broad SMARTS) is 1. The van der Waals surface area contributed by atoms with Crippen molar-refractivity contribution in [3.63, 3.8) is 0 Å². The van der Waals surface area contributed by atoms with E-state index < -0.39 is 5.97 Å². The molecule has 0 bridgehead atoms. The van der Waals surface area contributed by atoms with Gasteiger partial charge in [0.05, 0.1) is 29.4 Å². The number of imidazole rings is 2. The highest BCUT2D eigenvalue weighted by Crippen LogP contribution is 2.25. The third-order valence-electron chi connectivity index (χ3n) is 3.14. The molecule has 0 amide bonds. The van der Waals surface area contributed by atoms with E-state index in [9.17, 15) is 4.79 Å². The van der Waals surface area contributed by atoms with Gasteiger partial charge in [-0.15, -0.1) is 0 Å². The van der Waals surface area contributed by atoms with Gasteiger partial charge in [0.15, 0.2) is 5.69 Å². The lowest BCUT2D eigenvalue weighted by atomic mass is 10.1. The van der Waals surface area contributed by atoms with Gasteiger partial charge in [0.25, 0.3) is 0 Å². The van der Waals surface area contributed by atoms with Crippen molar-refractivity contribution < 1.29 is 9.90 Å². The number of rotatable bonds is 2. The van der Waals surface area contributed by atoms with Crippen LogP contribution in [0.2, 0.25) is 0 Å². The van der Waals surface area contributed by atoms with Gasteiger partial charge in [-0.3, -0.25) is 0 Å². The first-order valence-electron chi connectivity index (χ1n) is 5.74. The van der Waals surface area contributed by atoms with E-state index in [1.165, 1.54) is 6.33 Å². The quantitative estimate of drug-likeness (QED) is 0.757. The van der Waals surface area contributed by atoms with E-state index in [2.05, 4.69) is 9.97 Å². The lowest BCUT2D eigenvalue weighted by Gasteiger charge is -2.04. The summed E-state index contributed by atoms with van der Waals surface area (Å²) in [4.78, 5) is 19.4. The van der Waals surface area contributed by atoms with Crippen LogP contribution in [0.1, 0.15) is 10.5 Å². The van der Waals surface area contributed by atoms with Crippen molar-refractivity contribution in [1.29, 1.82) is 0 Å². The molecule has 0 spiro atoms. The standard InChI is InChI=1S/C13H12N4O2/c1-16-6-14-9-5-8(3-4-10(9)16)12-11(13(18)19)15-7-17(12)2/h3-7H,1-2H3,(H,18,19). The molecule has 0 aliphatic carbocycles. The molecule has 1 N–H and O–H groups in total. The molecule has 0 radical (unpaired) electrons. The highest BCUT2D eigenvalue weighted by molar-refractivity contribution is 5.94. The van der Waals surface area contributed by atoms with Gasteiger partial charge in [-0.2, -0.15) is 0 Å². The Hall–Kier alpha value is -2.63. The fourth-order valence-electron chi connectivity index (χ4n) is 2.21. The third-order valence-corrected chi connectivity index (χ3v) is 3.14. The molecule has 2 heterocycles. The second-order valence-electron chi connectivity index (χ2n) is 4.42. The Morgan fingerprint density at radius 3 is 2.63 bits per heavy atom. The van der Waals surface area contributed by atoms with Crippen LogP contribution in [0.25, 0.3) is 22.3 Å². The highest BCUT2D eigenvalue weighted by atomic mass is 16.4. The molecule has 2 aromatic heterocycles. The average Bonchev–Trinajstić information content (AvgIpc) is 2.93. The molecule has 6 heteroatoms. The van der Waals surface area contributed by atoms with Crippen molar-refractivity contribution in [2.45, 2.75) is 0 Å². The maximum atomic E-state index is 11.2. The summed E-state index contributed by atoms with van der Waals surface area (Å²) < 4.78 is 3.62. The van der Waals surface area contributed by atoms with Crippen LogP contribution >= 0.6 is 0 Å². The zero-order chi connectivity index (χ0) is 13.6. The smallest absolute Gasteiger partial charge is 0.356 e. The van der Waals surface area contributed by atoms with Gasteiger partial charge in [-0.05, 0) is 12.1 Å². The number of carboxylic acids is 1. The maximum absolute atomic E-state index is 11.2. The van der Waals surface area contributed by atoms with Gasteiger partial charge in [0, 0.05) is 19.7 Å². The normalized spacial score (nSPS) is 11.1. The van der Waals surface area contributed by atoms with E-state index in [4.69, 9.17) is 5.11 Å². The molecule has 0 fully saturated rings. The number of benzene rings is 1. The van der Waals surface area contributed by atoms with Crippen molar-refractivity contribution >= 4 is 17.0 Å². The number of carbonyl (C=O) groups is 1. The summed E-state index contributed by atoms with van der Waals surface area (Å²) in [5, 5.41) is 9.16. The topological polar surface area (TPSA) is 72.9 Å². The zero-order valence-electron chi connectivity index (χ0n) is 10.5. The second-order valence-corrected chi connectivity index (χ2v) is 4.42. The molecule has 0 aliphatic heterocycles. The van der Waals surface area contributed by atoms with Crippen LogP contribution in [-0.2, 0) is 14.1 Å². The van der Waals surface area contributed by atoms with Crippen LogP contribution in [0, 0.1) is 0 Å². The molecule has 19 heavy (non-hydrogen) atoms. The summed E-state index contributed by atoms with van der Waals surface area (Å²) in [5.74, 6) is -1.03. The monoisotopic (exact) mass is 256 g/mol. The SMILES string of the molecule is Cn1cnc(C(=O)O)c1-c1ccc2c(c1)ncn2C. The summed E-state index contributed by atoms with van der Waals surface area (Å²) in [6, 6.07) is 5.68. The average molecular weight is 256 g/mol. The fourth-order valence-corrected chi connectivity index (χ4v) is 2.21. The van der Waals surface area contributed by atoms with E-state index in [-0.39, 0.29) is 5.69 Å². The Morgan fingerprint density at radius 1 is 1.16 bits per heavy atom.